The molecule has 2 rings (SSSR count). The third-order valence-corrected chi connectivity index (χ3v) is 4.46. The summed E-state index contributed by atoms with van der Waals surface area (Å²) in [6.45, 7) is 0.440. The molecule has 1 heterocycles. The van der Waals surface area contributed by atoms with Crippen molar-refractivity contribution in [2.75, 3.05) is 20.0 Å². The summed E-state index contributed by atoms with van der Waals surface area (Å²) in [6.07, 6.45) is 0. The topological polar surface area (TPSA) is 73.3 Å². The molecule has 1 N–H and O–H groups in total. The molecular formula is C13H15N3O3S2. The standard InChI is InChI=1S/C13H15N3O3S2/c1-18-10-4-3-9(5-11(10)19-2)6-14-12(17)7-20-13-16-15-8-21-13/h3-5,8H,6-7H2,1-2H3,(H,14,17). The summed E-state index contributed by atoms with van der Waals surface area (Å²) in [5.74, 6) is 1.58. The van der Waals surface area contributed by atoms with E-state index in [0.29, 0.717) is 23.8 Å². The Labute approximate surface area is 130 Å². The summed E-state index contributed by atoms with van der Waals surface area (Å²) in [4.78, 5) is 11.8. The Morgan fingerprint density at radius 3 is 2.81 bits per heavy atom. The first-order valence-corrected chi connectivity index (χ1v) is 7.96. The van der Waals surface area contributed by atoms with Gasteiger partial charge in [-0.15, -0.1) is 10.2 Å². The largest absolute Gasteiger partial charge is 0.493 e. The third kappa shape index (κ3) is 4.61. The molecule has 0 saturated carbocycles. The minimum Gasteiger partial charge on any atom is -0.493 e. The maximum absolute atomic E-state index is 11.8. The zero-order valence-corrected chi connectivity index (χ0v) is 13.3. The summed E-state index contributed by atoms with van der Waals surface area (Å²) in [7, 11) is 3.17. The lowest BCUT2D eigenvalue weighted by Crippen LogP contribution is -2.24. The van der Waals surface area contributed by atoms with Crippen molar-refractivity contribution in [3.8, 4) is 11.5 Å². The molecule has 1 aromatic heterocycles. The zero-order valence-electron chi connectivity index (χ0n) is 11.7. The number of methoxy groups -OCH3 is 2. The monoisotopic (exact) mass is 325 g/mol. The van der Waals surface area contributed by atoms with E-state index in [1.165, 1.54) is 23.1 Å². The summed E-state index contributed by atoms with van der Waals surface area (Å²) in [5.41, 5.74) is 2.59. The molecule has 21 heavy (non-hydrogen) atoms. The number of hydrogen-bond acceptors (Lipinski definition) is 7. The van der Waals surface area contributed by atoms with Crippen LogP contribution in [0.15, 0.2) is 28.0 Å². The van der Waals surface area contributed by atoms with Crippen LogP contribution in [-0.2, 0) is 11.3 Å². The van der Waals surface area contributed by atoms with E-state index in [0.717, 1.165) is 9.90 Å². The van der Waals surface area contributed by atoms with Crippen LogP contribution >= 0.6 is 23.1 Å². The van der Waals surface area contributed by atoms with E-state index in [9.17, 15) is 4.79 Å². The number of nitrogens with one attached hydrogen (secondary N) is 1. The van der Waals surface area contributed by atoms with Gasteiger partial charge >= 0.3 is 0 Å². The molecule has 2 aromatic rings. The number of rotatable bonds is 7. The van der Waals surface area contributed by atoms with Crippen molar-refractivity contribution < 1.29 is 14.3 Å². The van der Waals surface area contributed by atoms with Crippen molar-refractivity contribution in [3.63, 3.8) is 0 Å². The molecule has 112 valence electrons. The lowest BCUT2D eigenvalue weighted by molar-refractivity contribution is -0.118. The maximum atomic E-state index is 11.8. The molecule has 0 spiro atoms. The van der Waals surface area contributed by atoms with Gasteiger partial charge in [0.15, 0.2) is 15.8 Å². The van der Waals surface area contributed by atoms with E-state index in [1.807, 2.05) is 18.2 Å². The fourth-order valence-electron chi connectivity index (χ4n) is 1.60. The van der Waals surface area contributed by atoms with Crippen LogP contribution in [0.2, 0.25) is 0 Å². The van der Waals surface area contributed by atoms with E-state index >= 15 is 0 Å². The number of carbonyl (C=O) groups excluding carboxylic acids is 1. The van der Waals surface area contributed by atoms with Crippen molar-refractivity contribution in [1.29, 1.82) is 0 Å². The fourth-order valence-corrected chi connectivity index (χ4v) is 2.91. The number of carbonyl (C=O) groups is 1. The number of nitrogens with zero attached hydrogens (tertiary/aromatic N) is 2. The van der Waals surface area contributed by atoms with E-state index in [1.54, 1.807) is 19.7 Å². The van der Waals surface area contributed by atoms with Crippen molar-refractivity contribution in [2.45, 2.75) is 10.9 Å². The predicted molar refractivity (Wildman–Crippen MR) is 82.0 cm³/mol. The zero-order chi connectivity index (χ0) is 15.1. The second kappa shape index (κ2) is 7.84. The van der Waals surface area contributed by atoms with Crippen LogP contribution in [0.25, 0.3) is 0 Å². The van der Waals surface area contributed by atoms with Crippen LogP contribution in [0.3, 0.4) is 0 Å². The average Bonchev–Trinajstić information content (AvgIpc) is 3.04. The summed E-state index contributed by atoms with van der Waals surface area (Å²) >= 11 is 2.79. The Morgan fingerprint density at radius 2 is 2.14 bits per heavy atom. The molecule has 0 bridgehead atoms. The summed E-state index contributed by atoms with van der Waals surface area (Å²) in [6, 6.07) is 5.55. The average molecular weight is 325 g/mol. The third-order valence-electron chi connectivity index (χ3n) is 2.60. The number of hydrogen-bond donors (Lipinski definition) is 1. The number of thioether (sulfide) groups is 1. The first kappa shape index (κ1) is 15.6. The number of aromatic nitrogens is 2. The Balaban J connectivity index is 1.83. The molecular weight excluding hydrogens is 310 g/mol. The number of amides is 1. The van der Waals surface area contributed by atoms with Crippen LogP contribution in [0.1, 0.15) is 5.56 Å². The van der Waals surface area contributed by atoms with Gasteiger partial charge in [0.1, 0.15) is 5.51 Å². The van der Waals surface area contributed by atoms with Crippen LogP contribution in [0.4, 0.5) is 0 Å². The van der Waals surface area contributed by atoms with Gasteiger partial charge in [-0.05, 0) is 17.7 Å². The normalized spacial score (nSPS) is 10.2. The molecule has 8 heteroatoms. The highest BCUT2D eigenvalue weighted by Gasteiger charge is 2.07. The Hall–Kier alpha value is -1.80. The lowest BCUT2D eigenvalue weighted by atomic mass is 10.2. The number of benzene rings is 1. The molecule has 0 radical (unpaired) electrons. The first-order valence-electron chi connectivity index (χ1n) is 6.09. The lowest BCUT2D eigenvalue weighted by Gasteiger charge is -2.10. The van der Waals surface area contributed by atoms with Crippen LogP contribution in [0, 0.1) is 0 Å². The first-order chi connectivity index (χ1) is 10.2. The number of ether oxygens (including phenoxy) is 2. The Morgan fingerprint density at radius 1 is 1.33 bits per heavy atom. The van der Waals surface area contributed by atoms with Crippen molar-refractivity contribution in [2.24, 2.45) is 0 Å². The second-order valence-electron chi connectivity index (χ2n) is 3.96. The molecule has 0 fully saturated rings. The van der Waals surface area contributed by atoms with Crippen LogP contribution < -0.4 is 14.8 Å². The minimum atomic E-state index is -0.0509. The van der Waals surface area contributed by atoms with Gasteiger partial charge in [0.2, 0.25) is 5.91 Å². The van der Waals surface area contributed by atoms with Gasteiger partial charge in [0, 0.05) is 6.54 Å². The van der Waals surface area contributed by atoms with Gasteiger partial charge in [-0.25, -0.2) is 0 Å². The predicted octanol–water partition coefficient (Wildman–Crippen LogP) is 1.96. The summed E-state index contributed by atoms with van der Waals surface area (Å²) < 4.78 is 11.2. The van der Waals surface area contributed by atoms with Crippen molar-refractivity contribution >= 4 is 29.0 Å². The highest BCUT2D eigenvalue weighted by molar-refractivity contribution is 8.01. The molecule has 0 saturated heterocycles. The Kier molecular flexibility index (Phi) is 5.82. The summed E-state index contributed by atoms with van der Waals surface area (Å²) in [5, 5.41) is 10.4. The van der Waals surface area contributed by atoms with Crippen molar-refractivity contribution in [3.05, 3.63) is 29.3 Å². The molecule has 0 aliphatic carbocycles. The smallest absolute Gasteiger partial charge is 0.230 e. The van der Waals surface area contributed by atoms with Gasteiger partial charge in [0.05, 0.1) is 20.0 Å². The molecule has 0 aliphatic heterocycles. The molecule has 1 amide bonds. The molecule has 0 unspecified atom stereocenters. The maximum Gasteiger partial charge on any atom is 0.230 e. The molecule has 0 atom stereocenters. The molecule has 0 aliphatic rings. The van der Waals surface area contributed by atoms with Crippen LogP contribution in [-0.4, -0.2) is 36.1 Å². The highest BCUT2D eigenvalue weighted by atomic mass is 32.2. The van der Waals surface area contributed by atoms with Gasteiger partial charge in [-0.2, -0.15) is 0 Å². The highest BCUT2D eigenvalue weighted by Crippen LogP contribution is 2.27. The van der Waals surface area contributed by atoms with Gasteiger partial charge in [-0.1, -0.05) is 29.2 Å². The van der Waals surface area contributed by atoms with Gasteiger partial charge < -0.3 is 14.8 Å². The quantitative estimate of drug-likeness (QED) is 0.785. The van der Waals surface area contributed by atoms with E-state index in [2.05, 4.69) is 15.5 Å². The molecule has 1 aromatic carbocycles. The van der Waals surface area contributed by atoms with E-state index < -0.39 is 0 Å². The Bertz CT molecular complexity index is 590. The van der Waals surface area contributed by atoms with Crippen molar-refractivity contribution in [1.82, 2.24) is 15.5 Å². The fraction of sp³-hybridized carbons (Fsp3) is 0.308. The minimum absolute atomic E-state index is 0.0509. The second-order valence-corrected chi connectivity index (χ2v) is 6.02. The van der Waals surface area contributed by atoms with E-state index in [-0.39, 0.29) is 5.91 Å². The SMILES string of the molecule is COc1ccc(CNC(=O)CSc2nncs2)cc1OC. The van der Waals surface area contributed by atoms with E-state index in [4.69, 9.17) is 9.47 Å². The van der Waals surface area contributed by atoms with Gasteiger partial charge in [-0.3, -0.25) is 4.79 Å². The van der Waals surface area contributed by atoms with Gasteiger partial charge in [0.25, 0.3) is 0 Å². The molecule has 6 nitrogen and oxygen atoms in total. The van der Waals surface area contributed by atoms with Crippen LogP contribution in [0.5, 0.6) is 11.5 Å².